The second-order valence-electron chi connectivity index (χ2n) is 11.1. The summed E-state index contributed by atoms with van der Waals surface area (Å²) in [6.45, 7) is 2.94. The van der Waals surface area contributed by atoms with Crippen LogP contribution in [0.15, 0.2) is 138 Å². The van der Waals surface area contributed by atoms with E-state index < -0.39 is 11.8 Å². The third-order valence-corrected chi connectivity index (χ3v) is 9.31. The topological polar surface area (TPSA) is 119 Å². The summed E-state index contributed by atoms with van der Waals surface area (Å²) in [6, 6.07) is 38.6. The number of hydrogen-bond donors (Lipinski definition) is 3. The molecule has 6 aromatic rings. The molecule has 0 saturated heterocycles. The van der Waals surface area contributed by atoms with Gasteiger partial charge >= 0.3 is 0 Å². The van der Waals surface area contributed by atoms with Crippen molar-refractivity contribution in [3.05, 3.63) is 150 Å². The van der Waals surface area contributed by atoms with Gasteiger partial charge < -0.3 is 25.4 Å². The van der Waals surface area contributed by atoms with E-state index in [1.165, 1.54) is 23.1 Å². The molecule has 0 radical (unpaired) electrons. The Hall–Kier alpha value is -5.91. The molecule has 51 heavy (non-hydrogen) atoms. The molecule has 3 N–H and O–H groups in total. The summed E-state index contributed by atoms with van der Waals surface area (Å²) in [7, 11) is 0. The van der Waals surface area contributed by atoms with Crippen molar-refractivity contribution in [3.8, 4) is 11.5 Å². The van der Waals surface area contributed by atoms with Crippen LogP contribution < -0.4 is 25.4 Å². The smallest absolute Gasteiger partial charge is 0.272 e. The van der Waals surface area contributed by atoms with Crippen LogP contribution in [-0.4, -0.2) is 35.1 Å². The maximum Gasteiger partial charge on any atom is 0.272 e. The number of nitrogens with one attached hydrogen (secondary N) is 3. The Morgan fingerprint density at radius 2 is 1.49 bits per heavy atom. The zero-order chi connectivity index (χ0) is 35.4. The van der Waals surface area contributed by atoms with Crippen molar-refractivity contribution in [2.24, 2.45) is 0 Å². The molecule has 0 atom stereocenters. The Kier molecular flexibility index (Phi) is 11.7. The molecule has 3 amide bonds. The summed E-state index contributed by atoms with van der Waals surface area (Å²) in [5.41, 5.74) is 3.57. The van der Waals surface area contributed by atoms with Crippen LogP contribution in [0, 0.1) is 0 Å². The van der Waals surface area contributed by atoms with E-state index in [-0.39, 0.29) is 17.4 Å². The lowest BCUT2D eigenvalue weighted by Crippen LogP contribution is -2.30. The first kappa shape index (κ1) is 34.9. The fourth-order valence-electron chi connectivity index (χ4n) is 4.86. The number of anilines is 2. The molecule has 1 aromatic heterocycles. The summed E-state index contributed by atoms with van der Waals surface area (Å²) in [5, 5.41) is 9.03. The summed E-state index contributed by atoms with van der Waals surface area (Å²) in [4.78, 5) is 44.6. The van der Waals surface area contributed by atoms with Crippen molar-refractivity contribution in [1.82, 2.24) is 10.3 Å². The van der Waals surface area contributed by atoms with Gasteiger partial charge in [-0.25, -0.2) is 4.98 Å². The highest BCUT2D eigenvalue weighted by molar-refractivity contribution is 8.00. The van der Waals surface area contributed by atoms with E-state index in [1.54, 1.807) is 42.5 Å². The number of aromatic nitrogens is 1. The van der Waals surface area contributed by atoms with Gasteiger partial charge in [0.25, 0.3) is 11.8 Å². The van der Waals surface area contributed by atoms with Crippen molar-refractivity contribution < 1.29 is 23.9 Å². The first-order valence-corrected chi connectivity index (χ1v) is 17.9. The SMILES string of the molecule is CCOc1ccc2nc(NC(=O)CSc3ccc(NC(=O)/C(=C/c4ccc(OCc5ccccc5)cc4)NC(=O)c4ccccc4)cc3)sc2c1. The third kappa shape index (κ3) is 10.1. The number of benzene rings is 5. The Morgan fingerprint density at radius 1 is 0.784 bits per heavy atom. The molecule has 0 aliphatic rings. The summed E-state index contributed by atoms with van der Waals surface area (Å²) < 4.78 is 12.4. The van der Waals surface area contributed by atoms with Gasteiger partial charge in [0, 0.05) is 16.1 Å². The molecule has 0 saturated carbocycles. The van der Waals surface area contributed by atoms with Gasteiger partial charge in [-0.15, -0.1) is 11.8 Å². The maximum atomic E-state index is 13.5. The van der Waals surface area contributed by atoms with Gasteiger partial charge in [-0.3, -0.25) is 14.4 Å². The molecule has 5 aromatic carbocycles. The molecule has 256 valence electrons. The molecule has 1 heterocycles. The minimum atomic E-state index is -0.493. The van der Waals surface area contributed by atoms with E-state index in [1.807, 2.05) is 97.9 Å². The first-order valence-electron chi connectivity index (χ1n) is 16.1. The van der Waals surface area contributed by atoms with Gasteiger partial charge in [0.15, 0.2) is 5.13 Å². The molecular weight excluding hydrogens is 681 g/mol. The van der Waals surface area contributed by atoms with E-state index in [4.69, 9.17) is 9.47 Å². The van der Waals surface area contributed by atoms with Crippen LogP contribution in [-0.2, 0) is 16.2 Å². The Balaban J connectivity index is 1.07. The number of amides is 3. The number of carbonyl (C=O) groups excluding carboxylic acids is 3. The number of hydrogen-bond acceptors (Lipinski definition) is 8. The fraction of sp³-hybridized carbons (Fsp3) is 0.100. The van der Waals surface area contributed by atoms with Crippen LogP contribution >= 0.6 is 23.1 Å². The predicted molar refractivity (Wildman–Crippen MR) is 204 cm³/mol. The van der Waals surface area contributed by atoms with Gasteiger partial charge in [0.2, 0.25) is 5.91 Å². The molecule has 0 unspecified atom stereocenters. The molecule has 0 spiro atoms. The molecule has 11 heteroatoms. The zero-order valence-electron chi connectivity index (χ0n) is 27.6. The van der Waals surface area contributed by atoms with Crippen molar-refractivity contribution in [2.75, 3.05) is 23.0 Å². The number of rotatable bonds is 14. The largest absolute Gasteiger partial charge is 0.494 e. The minimum absolute atomic E-state index is 0.0703. The summed E-state index contributed by atoms with van der Waals surface area (Å²) >= 11 is 2.75. The van der Waals surface area contributed by atoms with E-state index in [0.717, 1.165) is 26.4 Å². The molecular formula is C40H34N4O5S2. The molecule has 9 nitrogen and oxygen atoms in total. The maximum absolute atomic E-state index is 13.5. The zero-order valence-corrected chi connectivity index (χ0v) is 29.3. The van der Waals surface area contributed by atoms with Crippen LogP contribution in [0.5, 0.6) is 11.5 Å². The van der Waals surface area contributed by atoms with E-state index in [2.05, 4.69) is 20.9 Å². The number of carbonyl (C=O) groups is 3. The average Bonchev–Trinajstić information content (AvgIpc) is 3.56. The van der Waals surface area contributed by atoms with Crippen LogP contribution in [0.3, 0.4) is 0 Å². The van der Waals surface area contributed by atoms with E-state index >= 15 is 0 Å². The normalized spacial score (nSPS) is 11.1. The van der Waals surface area contributed by atoms with Gasteiger partial charge in [0.1, 0.15) is 23.8 Å². The van der Waals surface area contributed by atoms with Gasteiger partial charge in [0.05, 0.1) is 22.6 Å². The van der Waals surface area contributed by atoms with Crippen molar-refractivity contribution >= 4 is 67.9 Å². The Morgan fingerprint density at radius 3 is 2.22 bits per heavy atom. The third-order valence-electron chi connectivity index (χ3n) is 7.37. The number of nitrogens with zero attached hydrogens (tertiary/aromatic N) is 1. The number of ether oxygens (including phenoxy) is 2. The van der Waals surface area contributed by atoms with Gasteiger partial charge in [-0.1, -0.05) is 72.0 Å². The highest BCUT2D eigenvalue weighted by atomic mass is 32.2. The quantitative estimate of drug-likeness (QED) is 0.0766. The minimum Gasteiger partial charge on any atom is -0.494 e. The number of fused-ring (bicyclic) bond motifs is 1. The number of thioether (sulfide) groups is 1. The Bertz CT molecular complexity index is 2140. The van der Waals surface area contributed by atoms with Gasteiger partial charge in [-0.05, 0) is 90.9 Å². The molecule has 0 bridgehead atoms. The van der Waals surface area contributed by atoms with Crippen molar-refractivity contribution in [3.63, 3.8) is 0 Å². The predicted octanol–water partition coefficient (Wildman–Crippen LogP) is 8.41. The molecule has 6 rings (SSSR count). The first-order chi connectivity index (χ1) is 24.9. The molecule has 0 aliphatic heterocycles. The highest BCUT2D eigenvalue weighted by Gasteiger charge is 2.16. The number of thiazole rings is 1. The van der Waals surface area contributed by atoms with Crippen LogP contribution in [0.4, 0.5) is 10.8 Å². The second kappa shape index (κ2) is 17.1. The highest BCUT2D eigenvalue weighted by Crippen LogP contribution is 2.30. The average molecular weight is 715 g/mol. The second-order valence-corrected chi connectivity index (χ2v) is 13.2. The lowest BCUT2D eigenvalue weighted by molar-refractivity contribution is -0.114. The Labute approximate surface area is 303 Å². The lowest BCUT2D eigenvalue weighted by atomic mass is 10.1. The molecule has 0 aliphatic carbocycles. The lowest BCUT2D eigenvalue weighted by Gasteiger charge is -2.12. The van der Waals surface area contributed by atoms with Crippen LogP contribution in [0.25, 0.3) is 16.3 Å². The van der Waals surface area contributed by atoms with E-state index in [0.29, 0.717) is 40.9 Å². The van der Waals surface area contributed by atoms with Gasteiger partial charge in [-0.2, -0.15) is 0 Å². The molecule has 0 fully saturated rings. The van der Waals surface area contributed by atoms with Crippen LogP contribution in [0.1, 0.15) is 28.4 Å². The summed E-state index contributed by atoms with van der Waals surface area (Å²) in [5.74, 6) is 0.542. The fourth-order valence-corrected chi connectivity index (χ4v) is 6.47. The summed E-state index contributed by atoms with van der Waals surface area (Å²) in [6.07, 6.45) is 1.61. The van der Waals surface area contributed by atoms with E-state index in [9.17, 15) is 14.4 Å². The van der Waals surface area contributed by atoms with Crippen LogP contribution in [0.2, 0.25) is 0 Å². The van der Waals surface area contributed by atoms with Crippen molar-refractivity contribution in [2.45, 2.75) is 18.4 Å². The standard InChI is InChI=1S/C40H34N4O5S2/c1-2-48-32-19-22-34-36(24-32)51-40(43-34)44-37(45)26-50-33-20-15-30(16-21-33)41-39(47)35(42-38(46)29-11-7-4-8-12-29)23-27-13-17-31(18-14-27)49-25-28-9-5-3-6-10-28/h3-24H,2,25-26H2,1H3,(H,41,47)(H,42,46)(H,43,44,45)/b35-23-. The monoisotopic (exact) mass is 714 g/mol. The van der Waals surface area contributed by atoms with Crippen molar-refractivity contribution in [1.29, 1.82) is 0 Å².